The number of hydrogen-bond acceptors (Lipinski definition) is 5. The van der Waals surface area contributed by atoms with Crippen molar-refractivity contribution in [3.63, 3.8) is 0 Å². The van der Waals surface area contributed by atoms with Crippen LogP contribution in [0.5, 0.6) is 5.75 Å². The zero-order valence-electron chi connectivity index (χ0n) is 47.9. The number of aryl methyl sites for hydroxylation is 1. The summed E-state index contributed by atoms with van der Waals surface area (Å²) in [6.07, 6.45) is 8.54. The van der Waals surface area contributed by atoms with Crippen molar-refractivity contribution in [1.82, 2.24) is 4.98 Å². The van der Waals surface area contributed by atoms with Gasteiger partial charge in [-0.1, -0.05) is 188 Å². The number of rotatable bonds is 8. The Morgan fingerprint density at radius 2 is 0.975 bits per heavy atom. The summed E-state index contributed by atoms with van der Waals surface area (Å²) in [4.78, 5) is 11.5. The molecule has 0 aliphatic carbocycles. The van der Waals surface area contributed by atoms with Crippen LogP contribution >= 0.6 is 0 Å². The summed E-state index contributed by atoms with van der Waals surface area (Å²) in [6, 6.07) is 82.9. The number of methoxy groups -OCH3 is 1. The van der Waals surface area contributed by atoms with E-state index in [0.717, 1.165) is 31.6 Å². The Hall–Kier alpha value is -9.18. The summed E-state index contributed by atoms with van der Waals surface area (Å²) in [5.74, 6) is 1.67. The minimum absolute atomic E-state index is 0.0642. The fraction of sp³-hybridized carbons (Fsp3) is 0.167. The van der Waals surface area contributed by atoms with Crippen LogP contribution in [-0.2, 0) is 0 Å². The Labute approximate surface area is 479 Å². The van der Waals surface area contributed by atoms with Crippen molar-refractivity contribution in [2.75, 3.05) is 63.0 Å². The molecule has 1 aromatic heterocycles. The summed E-state index contributed by atoms with van der Waals surface area (Å²) in [7, 11) is 5.61. The lowest BCUT2D eigenvalue weighted by atomic mass is 9.99. The molecular formula is C72H72N7OSi+3. The molecule has 4 heterocycles. The van der Waals surface area contributed by atoms with Crippen molar-refractivity contribution in [1.29, 1.82) is 0 Å². The number of hydrogen-bond donors (Lipinski definition) is 0. The van der Waals surface area contributed by atoms with E-state index in [0.29, 0.717) is 0 Å². The predicted octanol–water partition coefficient (Wildman–Crippen LogP) is 11.9. The highest BCUT2D eigenvalue weighted by atomic mass is 28.3. The summed E-state index contributed by atoms with van der Waals surface area (Å²) < 4.78 is 12.1. The van der Waals surface area contributed by atoms with Crippen LogP contribution < -0.4 is 40.2 Å². The third-order valence-electron chi connectivity index (χ3n) is 15.8. The molecule has 9 heteroatoms. The van der Waals surface area contributed by atoms with E-state index in [1.807, 2.05) is 18.2 Å². The molecule has 0 radical (unpaired) electrons. The van der Waals surface area contributed by atoms with Crippen molar-refractivity contribution in [3.8, 4) is 16.9 Å². The Morgan fingerprint density at radius 3 is 1.59 bits per heavy atom. The highest BCUT2D eigenvalue weighted by molar-refractivity contribution is 7.20. The quantitative estimate of drug-likeness (QED) is 0.0862. The molecule has 3 aliphatic rings. The Bertz CT molecular complexity index is 3830. The number of benzene rings is 9. The van der Waals surface area contributed by atoms with Crippen LogP contribution in [0, 0.1) is 6.92 Å². The first kappa shape index (κ1) is 53.8. The minimum Gasteiger partial charge on any atom is -0.493 e. The van der Waals surface area contributed by atoms with E-state index in [1.165, 1.54) is 87.6 Å². The maximum absolute atomic E-state index is 5.20. The molecule has 0 spiro atoms. The van der Waals surface area contributed by atoms with Gasteiger partial charge in [-0.15, -0.1) is 0 Å². The van der Waals surface area contributed by atoms with E-state index in [4.69, 9.17) is 4.74 Å². The fourth-order valence-electron chi connectivity index (χ4n) is 12.0. The summed E-state index contributed by atoms with van der Waals surface area (Å²) >= 11 is 0. The van der Waals surface area contributed by atoms with E-state index >= 15 is 0 Å². The Kier molecular flexibility index (Phi) is 15.5. The molecule has 0 amide bonds. The molecule has 13 rings (SSSR count). The van der Waals surface area contributed by atoms with Gasteiger partial charge in [0.05, 0.1) is 40.7 Å². The van der Waals surface area contributed by atoms with E-state index in [9.17, 15) is 0 Å². The molecule has 0 N–H and O–H groups in total. The molecular weight excluding hydrogens is 1010 g/mol. The zero-order chi connectivity index (χ0) is 56.1. The first-order valence-corrected chi connectivity index (χ1v) is 30.0. The van der Waals surface area contributed by atoms with Gasteiger partial charge in [0.15, 0.2) is 44.7 Å². The Balaban J connectivity index is 0.000000131. The lowest BCUT2D eigenvalue weighted by molar-refractivity contribution is -0.592. The molecule has 0 atom stereocenters. The first-order chi connectivity index (χ1) is 39.4. The van der Waals surface area contributed by atoms with Crippen LogP contribution in [0.3, 0.4) is 0 Å². The number of pyridine rings is 1. The zero-order valence-corrected chi connectivity index (χ0v) is 48.9. The van der Waals surface area contributed by atoms with Crippen LogP contribution in [0.25, 0.3) is 21.9 Å². The molecule has 9 aromatic carbocycles. The van der Waals surface area contributed by atoms with E-state index in [-0.39, 0.29) is 5.54 Å². The number of ether oxygens (including phenoxy) is 1. The highest BCUT2D eigenvalue weighted by Crippen LogP contribution is 2.36. The van der Waals surface area contributed by atoms with Gasteiger partial charge in [-0.2, -0.15) is 4.58 Å². The number of nitrogens with zero attached hydrogens (tertiary/aromatic N) is 7. The summed E-state index contributed by atoms with van der Waals surface area (Å²) in [5, 5.41) is 8.25. The third kappa shape index (κ3) is 10.8. The van der Waals surface area contributed by atoms with Gasteiger partial charge >= 0.3 is 5.82 Å². The summed E-state index contributed by atoms with van der Waals surface area (Å²) in [6.45, 7) is 11.5. The predicted molar refractivity (Wildman–Crippen MR) is 343 cm³/mol. The molecule has 10 aromatic rings. The fourth-order valence-corrected chi connectivity index (χ4v) is 17.1. The Morgan fingerprint density at radius 1 is 0.469 bits per heavy atom. The number of para-hydroxylation sites is 3. The molecule has 402 valence electrons. The van der Waals surface area contributed by atoms with Crippen LogP contribution in [0.2, 0.25) is 0 Å². The number of anilines is 3. The maximum Gasteiger partial charge on any atom is 0.324 e. The smallest absolute Gasteiger partial charge is 0.324 e. The molecule has 8 nitrogen and oxygen atoms in total. The van der Waals surface area contributed by atoms with Gasteiger partial charge in [0, 0.05) is 44.4 Å². The largest absolute Gasteiger partial charge is 0.493 e. The van der Waals surface area contributed by atoms with Gasteiger partial charge in [-0.3, -0.25) is 0 Å². The van der Waals surface area contributed by atoms with Crippen molar-refractivity contribution >= 4 is 86.8 Å². The average Bonchev–Trinajstić information content (AvgIpc) is 3.66. The van der Waals surface area contributed by atoms with Gasteiger partial charge in [-0.05, 0) is 100 Å². The van der Waals surface area contributed by atoms with Crippen LogP contribution in [-0.4, -0.2) is 99.2 Å². The second-order valence-corrected chi connectivity index (χ2v) is 26.0. The standard InChI is InChI=1S/C31H33N2Si.C21H20N3O.C20H19N2/c1-31(2,3)33-23-25-15-14-22-29(30(25)32(4)24-33)34(26-16-8-5-9-17-26,27-18-10-6-11-19-27)28-20-12-7-13-21-28;1-23-15-24(20-12-11-18(25-2)13-22-20)14-17-9-6-10-19(21(17)23)16-7-4-3-5-8-16;1-15-7-5-10-17-13-22(14-21(2)20(15)17)19-12-6-9-16-8-3-4-11-18(16)19/h5-23H,24H2,1-4H3;3-14H,15H2,1-2H3;3-13H,14H2,1-2H3/q3*+1. The van der Waals surface area contributed by atoms with Crippen molar-refractivity contribution in [3.05, 3.63) is 259 Å². The van der Waals surface area contributed by atoms with E-state index in [1.54, 1.807) is 13.3 Å². The monoisotopic (exact) mass is 1080 g/mol. The SMILES string of the molecule is CN1C[N+](C(C)(C)C)=Cc2cccc([Si](c3ccccc3)(c3ccccc3)c3ccccc3)c21.COc1ccc([N+]2=Cc3cccc(-c4ccccc4)c3N(C)C2)nc1.Cc1cccc2c1N(C)C[N+](c1cccc3ccccc13)=C2. The van der Waals surface area contributed by atoms with Crippen LogP contribution in [0.15, 0.2) is 237 Å². The molecule has 0 fully saturated rings. The summed E-state index contributed by atoms with van der Waals surface area (Å²) in [5.41, 5.74) is 12.8. The maximum atomic E-state index is 5.20. The minimum atomic E-state index is -2.57. The lowest BCUT2D eigenvalue weighted by Crippen LogP contribution is -2.75. The van der Waals surface area contributed by atoms with Gasteiger partial charge in [0.1, 0.15) is 6.21 Å². The van der Waals surface area contributed by atoms with E-state index in [2.05, 4.69) is 313 Å². The van der Waals surface area contributed by atoms with Gasteiger partial charge < -0.3 is 19.4 Å². The lowest BCUT2D eigenvalue weighted by Gasteiger charge is -2.39. The number of aromatic nitrogens is 1. The molecule has 81 heavy (non-hydrogen) atoms. The molecule has 3 aliphatic heterocycles. The van der Waals surface area contributed by atoms with Gasteiger partial charge in [-0.25, -0.2) is 9.15 Å². The second kappa shape index (κ2) is 23.3. The van der Waals surface area contributed by atoms with Crippen LogP contribution in [0.1, 0.15) is 43.0 Å². The molecule has 0 saturated carbocycles. The van der Waals surface area contributed by atoms with Gasteiger partial charge in [0.25, 0.3) is 0 Å². The topological polar surface area (TPSA) is 40.9 Å². The highest BCUT2D eigenvalue weighted by Gasteiger charge is 2.45. The normalized spacial score (nSPS) is 13.7. The molecule has 0 bridgehead atoms. The van der Waals surface area contributed by atoms with Crippen molar-refractivity contribution in [2.24, 2.45) is 0 Å². The third-order valence-corrected chi connectivity index (χ3v) is 20.6. The second-order valence-electron chi connectivity index (χ2n) is 22.3. The number of fused-ring (bicyclic) bond motifs is 4. The van der Waals surface area contributed by atoms with E-state index < -0.39 is 8.07 Å². The van der Waals surface area contributed by atoms with Crippen molar-refractivity contribution < 1.29 is 18.5 Å². The van der Waals surface area contributed by atoms with Crippen LogP contribution in [0.4, 0.5) is 28.6 Å². The first-order valence-electron chi connectivity index (χ1n) is 28.0. The van der Waals surface area contributed by atoms with Crippen molar-refractivity contribution in [2.45, 2.75) is 33.2 Å². The molecule has 0 unspecified atom stereocenters. The molecule has 0 saturated heterocycles. The average molecular weight is 1080 g/mol. The van der Waals surface area contributed by atoms with Gasteiger partial charge in [0.2, 0.25) is 19.0 Å².